The van der Waals surface area contributed by atoms with Gasteiger partial charge in [-0.2, -0.15) is 0 Å². The molecule has 1 N–H and O–H groups in total. The van der Waals surface area contributed by atoms with Gasteiger partial charge in [0.15, 0.2) is 0 Å². The third kappa shape index (κ3) is 2.34. The van der Waals surface area contributed by atoms with Crippen LogP contribution in [0.5, 0.6) is 0 Å². The van der Waals surface area contributed by atoms with Gasteiger partial charge in [0.1, 0.15) is 5.78 Å². The SMILES string of the molecule is O=C(CN1CCCCC1CO)C1CC1. The molecule has 2 rings (SSSR count). The van der Waals surface area contributed by atoms with Crippen LogP contribution in [0.4, 0.5) is 0 Å². The van der Waals surface area contributed by atoms with E-state index in [4.69, 9.17) is 0 Å². The highest BCUT2D eigenvalue weighted by atomic mass is 16.3. The highest BCUT2D eigenvalue weighted by Gasteiger charge is 2.32. The van der Waals surface area contributed by atoms with Gasteiger partial charge in [-0.1, -0.05) is 6.42 Å². The zero-order valence-corrected chi connectivity index (χ0v) is 8.61. The fraction of sp³-hybridized carbons (Fsp3) is 0.909. The largest absolute Gasteiger partial charge is 0.395 e. The summed E-state index contributed by atoms with van der Waals surface area (Å²) in [6, 6.07) is 0.242. The van der Waals surface area contributed by atoms with Crippen LogP contribution >= 0.6 is 0 Å². The number of ketones is 1. The van der Waals surface area contributed by atoms with Crippen LogP contribution in [0.2, 0.25) is 0 Å². The van der Waals surface area contributed by atoms with Crippen molar-refractivity contribution in [1.29, 1.82) is 0 Å². The molecule has 14 heavy (non-hydrogen) atoms. The summed E-state index contributed by atoms with van der Waals surface area (Å²) in [6.45, 7) is 1.78. The summed E-state index contributed by atoms with van der Waals surface area (Å²) >= 11 is 0. The number of aliphatic hydroxyl groups excluding tert-OH is 1. The summed E-state index contributed by atoms with van der Waals surface area (Å²) in [4.78, 5) is 13.8. The van der Waals surface area contributed by atoms with Crippen molar-refractivity contribution < 1.29 is 9.90 Å². The summed E-state index contributed by atoms with van der Waals surface area (Å²) in [5.74, 6) is 0.751. The third-order valence-electron chi connectivity index (χ3n) is 3.35. The van der Waals surface area contributed by atoms with Crippen LogP contribution < -0.4 is 0 Å². The van der Waals surface area contributed by atoms with Gasteiger partial charge in [-0.25, -0.2) is 0 Å². The van der Waals surface area contributed by atoms with E-state index in [1.165, 1.54) is 12.8 Å². The number of rotatable bonds is 4. The molecule has 0 aromatic rings. The minimum absolute atomic E-state index is 0.206. The van der Waals surface area contributed by atoms with Crippen molar-refractivity contribution in [2.24, 2.45) is 5.92 Å². The first kappa shape index (κ1) is 10.1. The van der Waals surface area contributed by atoms with Gasteiger partial charge in [0.25, 0.3) is 0 Å². The molecule has 1 atom stereocenters. The molecule has 1 saturated carbocycles. The molecular weight excluding hydrogens is 178 g/mol. The molecule has 0 aromatic heterocycles. The van der Waals surface area contributed by atoms with Gasteiger partial charge < -0.3 is 5.11 Å². The van der Waals surface area contributed by atoms with Crippen molar-refractivity contribution in [3.8, 4) is 0 Å². The summed E-state index contributed by atoms with van der Waals surface area (Å²) in [7, 11) is 0. The maximum atomic E-state index is 11.6. The molecule has 80 valence electrons. The number of hydrogen-bond acceptors (Lipinski definition) is 3. The summed E-state index contributed by atoms with van der Waals surface area (Å²) in [6.07, 6.45) is 5.61. The van der Waals surface area contributed by atoms with Crippen molar-refractivity contribution in [1.82, 2.24) is 4.90 Å². The molecule has 0 spiro atoms. The molecule has 3 heteroatoms. The zero-order valence-electron chi connectivity index (χ0n) is 8.61. The Kier molecular flexibility index (Phi) is 3.19. The van der Waals surface area contributed by atoms with E-state index in [1.54, 1.807) is 0 Å². The van der Waals surface area contributed by atoms with Crippen LogP contribution in [0.1, 0.15) is 32.1 Å². The molecule has 1 unspecified atom stereocenters. The second-order valence-electron chi connectivity index (χ2n) is 4.54. The Hall–Kier alpha value is -0.410. The van der Waals surface area contributed by atoms with Crippen LogP contribution in [0.25, 0.3) is 0 Å². The topological polar surface area (TPSA) is 40.5 Å². The number of aliphatic hydroxyl groups is 1. The number of carbonyl (C=O) groups is 1. The first-order chi connectivity index (χ1) is 6.81. The first-order valence-electron chi connectivity index (χ1n) is 5.69. The number of Topliss-reactive ketones (excluding diaryl/α,β-unsaturated/α-hetero) is 1. The predicted molar refractivity (Wildman–Crippen MR) is 54.0 cm³/mol. The lowest BCUT2D eigenvalue weighted by Crippen LogP contribution is -2.44. The van der Waals surface area contributed by atoms with E-state index in [2.05, 4.69) is 4.90 Å². The molecule has 0 aromatic carbocycles. The molecule has 3 nitrogen and oxygen atoms in total. The lowest BCUT2D eigenvalue weighted by Gasteiger charge is -2.33. The molecule has 2 fully saturated rings. The highest BCUT2D eigenvalue weighted by molar-refractivity contribution is 5.85. The van der Waals surface area contributed by atoms with E-state index in [1.807, 2.05) is 0 Å². The highest BCUT2D eigenvalue weighted by Crippen LogP contribution is 2.30. The quantitative estimate of drug-likeness (QED) is 0.725. The van der Waals surface area contributed by atoms with Crippen LogP contribution in [0, 0.1) is 5.92 Å². The van der Waals surface area contributed by atoms with Crippen molar-refractivity contribution in [2.45, 2.75) is 38.1 Å². The summed E-state index contributed by atoms with van der Waals surface area (Å²) in [5, 5.41) is 9.18. The van der Waals surface area contributed by atoms with Crippen LogP contribution in [0.3, 0.4) is 0 Å². The Labute approximate surface area is 85.1 Å². The van der Waals surface area contributed by atoms with Crippen LogP contribution in [0.15, 0.2) is 0 Å². The number of hydrogen-bond donors (Lipinski definition) is 1. The van der Waals surface area contributed by atoms with E-state index in [-0.39, 0.29) is 12.6 Å². The normalized spacial score (nSPS) is 29.1. The van der Waals surface area contributed by atoms with Crippen molar-refractivity contribution in [3.63, 3.8) is 0 Å². The monoisotopic (exact) mass is 197 g/mol. The van der Waals surface area contributed by atoms with Crippen molar-refractivity contribution >= 4 is 5.78 Å². The van der Waals surface area contributed by atoms with E-state index in [9.17, 15) is 9.90 Å². The lowest BCUT2D eigenvalue weighted by molar-refractivity contribution is -0.122. The minimum Gasteiger partial charge on any atom is -0.395 e. The lowest BCUT2D eigenvalue weighted by atomic mass is 10.0. The maximum Gasteiger partial charge on any atom is 0.149 e. The molecule has 1 aliphatic carbocycles. The number of likely N-dealkylation sites (tertiary alicyclic amines) is 1. The van der Waals surface area contributed by atoms with Crippen LogP contribution in [-0.2, 0) is 4.79 Å². The Bertz CT molecular complexity index is 213. The average molecular weight is 197 g/mol. The second kappa shape index (κ2) is 4.41. The maximum absolute atomic E-state index is 11.6. The summed E-state index contributed by atoms with van der Waals surface area (Å²) < 4.78 is 0. The Morgan fingerprint density at radius 3 is 2.71 bits per heavy atom. The molecular formula is C11H19NO2. The first-order valence-corrected chi connectivity index (χ1v) is 5.69. The number of nitrogens with zero attached hydrogens (tertiary/aromatic N) is 1. The standard InChI is InChI=1S/C11H19NO2/c13-8-10-3-1-2-6-12(10)7-11(14)9-4-5-9/h9-10,13H,1-8H2. The Balaban J connectivity index is 1.83. The van der Waals surface area contributed by atoms with Crippen LogP contribution in [-0.4, -0.2) is 41.5 Å². The molecule has 0 amide bonds. The van der Waals surface area contributed by atoms with E-state index in [0.717, 1.165) is 25.8 Å². The summed E-state index contributed by atoms with van der Waals surface area (Å²) in [5.41, 5.74) is 0. The van der Waals surface area contributed by atoms with Gasteiger partial charge in [-0.05, 0) is 32.2 Å². The van der Waals surface area contributed by atoms with E-state index in [0.29, 0.717) is 18.2 Å². The molecule has 0 radical (unpaired) electrons. The fourth-order valence-corrected chi connectivity index (χ4v) is 2.21. The van der Waals surface area contributed by atoms with Gasteiger partial charge in [-0.3, -0.25) is 9.69 Å². The van der Waals surface area contributed by atoms with Gasteiger partial charge in [-0.15, -0.1) is 0 Å². The molecule has 0 bridgehead atoms. The zero-order chi connectivity index (χ0) is 9.97. The molecule has 2 aliphatic rings. The predicted octanol–water partition coefficient (Wildman–Crippen LogP) is 0.812. The third-order valence-corrected chi connectivity index (χ3v) is 3.35. The fourth-order valence-electron chi connectivity index (χ4n) is 2.21. The van der Waals surface area contributed by atoms with Gasteiger partial charge in [0, 0.05) is 12.0 Å². The smallest absolute Gasteiger partial charge is 0.149 e. The average Bonchev–Trinajstić information content (AvgIpc) is 3.02. The van der Waals surface area contributed by atoms with Gasteiger partial charge in [0.05, 0.1) is 13.2 Å². The molecule has 1 heterocycles. The van der Waals surface area contributed by atoms with Gasteiger partial charge >= 0.3 is 0 Å². The molecule has 1 aliphatic heterocycles. The Morgan fingerprint density at radius 1 is 1.29 bits per heavy atom. The molecule has 1 saturated heterocycles. The Morgan fingerprint density at radius 2 is 2.07 bits per heavy atom. The van der Waals surface area contributed by atoms with E-state index >= 15 is 0 Å². The number of carbonyl (C=O) groups excluding carboxylic acids is 1. The van der Waals surface area contributed by atoms with Crippen molar-refractivity contribution in [2.75, 3.05) is 19.7 Å². The second-order valence-corrected chi connectivity index (χ2v) is 4.54. The van der Waals surface area contributed by atoms with Crippen molar-refractivity contribution in [3.05, 3.63) is 0 Å². The number of piperidine rings is 1. The minimum atomic E-state index is 0.206. The van der Waals surface area contributed by atoms with E-state index < -0.39 is 0 Å². The van der Waals surface area contributed by atoms with Gasteiger partial charge in [0.2, 0.25) is 0 Å².